The van der Waals surface area contributed by atoms with Crippen molar-refractivity contribution < 1.29 is 23.8 Å². The van der Waals surface area contributed by atoms with E-state index < -0.39 is 23.9 Å². The molecule has 0 radical (unpaired) electrons. The lowest BCUT2D eigenvalue weighted by atomic mass is 9.98. The molecule has 5 rings (SSSR count). The third-order valence-corrected chi connectivity index (χ3v) is 6.94. The second kappa shape index (κ2) is 8.63. The number of benzene rings is 3. The highest BCUT2D eigenvalue weighted by molar-refractivity contribution is 9.10. The molecule has 33 heavy (non-hydrogen) atoms. The first-order valence-corrected chi connectivity index (χ1v) is 11.6. The number of nitrogens with zero attached hydrogens (tertiary/aromatic N) is 1. The Hall–Kier alpha value is -3.19. The number of rotatable bonds is 6. The van der Waals surface area contributed by atoms with Crippen LogP contribution in [0.5, 0.6) is 0 Å². The molecule has 0 aliphatic heterocycles. The Morgan fingerprint density at radius 3 is 2.18 bits per heavy atom. The Morgan fingerprint density at radius 2 is 1.64 bits per heavy atom. The van der Waals surface area contributed by atoms with Gasteiger partial charge < -0.3 is 9.84 Å². The molecule has 7 heteroatoms. The number of carboxylic acid groups (broad SMARTS) is 1. The average Bonchev–Trinajstić information content (AvgIpc) is 3.58. The summed E-state index contributed by atoms with van der Waals surface area (Å²) in [5.41, 5.74) is 4.71. The van der Waals surface area contributed by atoms with Crippen LogP contribution in [0.4, 0.5) is 9.18 Å². The fourth-order valence-corrected chi connectivity index (χ4v) is 5.18. The molecule has 5 nitrogen and oxygen atoms in total. The number of carbonyl (C=O) groups excluding carboxylic acids is 1. The minimum absolute atomic E-state index is 0.104. The Morgan fingerprint density at radius 1 is 1.03 bits per heavy atom. The Labute approximate surface area is 198 Å². The van der Waals surface area contributed by atoms with Gasteiger partial charge in [-0.3, -0.25) is 4.90 Å². The van der Waals surface area contributed by atoms with E-state index >= 15 is 0 Å². The van der Waals surface area contributed by atoms with Crippen molar-refractivity contribution in [1.82, 2.24) is 4.90 Å². The topological polar surface area (TPSA) is 66.8 Å². The zero-order valence-corrected chi connectivity index (χ0v) is 19.2. The Kier molecular flexibility index (Phi) is 5.66. The van der Waals surface area contributed by atoms with Gasteiger partial charge in [-0.05, 0) is 47.2 Å². The summed E-state index contributed by atoms with van der Waals surface area (Å²) in [6.07, 6.45) is 0.725. The fourth-order valence-electron chi connectivity index (χ4n) is 4.61. The molecule has 168 valence electrons. The summed E-state index contributed by atoms with van der Waals surface area (Å²) in [6.45, 7) is 0.104. The van der Waals surface area contributed by atoms with E-state index in [9.17, 15) is 19.1 Å². The van der Waals surface area contributed by atoms with Gasteiger partial charge in [0.1, 0.15) is 12.4 Å². The molecule has 0 heterocycles. The van der Waals surface area contributed by atoms with Gasteiger partial charge in [0.25, 0.3) is 0 Å². The van der Waals surface area contributed by atoms with Crippen molar-refractivity contribution in [3.63, 3.8) is 0 Å². The van der Waals surface area contributed by atoms with Crippen LogP contribution < -0.4 is 0 Å². The van der Waals surface area contributed by atoms with Crippen LogP contribution in [0, 0.1) is 5.82 Å². The number of hydrogen-bond acceptors (Lipinski definition) is 3. The predicted molar refractivity (Wildman–Crippen MR) is 124 cm³/mol. The molecule has 1 fully saturated rings. The lowest BCUT2D eigenvalue weighted by Crippen LogP contribution is -2.41. The van der Waals surface area contributed by atoms with Crippen LogP contribution >= 0.6 is 15.9 Å². The molecule has 1 N–H and O–H groups in total. The summed E-state index contributed by atoms with van der Waals surface area (Å²) >= 11 is 3.25. The van der Waals surface area contributed by atoms with Gasteiger partial charge in [0, 0.05) is 22.0 Å². The molecule has 0 saturated heterocycles. The van der Waals surface area contributed by atoms with E-state index in [0.717, 1.165) is 22.3 Å². The van der Waals surface area contributed by atoms with E-state index in [1.54, 1.807) is 0 Å². The van der Waals surface area contributed by atoms with Crippen molar-refractivity contribution in [2.45, 2.75) is 30.8 Å². The van der Waals surface area contributed by atoms with Crippen molar-refractivity contribution in [2.75, 3.05) is 6.61 Å². The van der Waals surface area contributed by atoms with Crippen LogP contribution in [0.2, 0.25) is 0 Å². The van der Waals surface area contributed by atoms with Crippen LogP contribution in [-0.2, 0) is 9.53 Å². The Bertz CT molecular complexity index is 1200. The van der Waals surface area contributed by atoms with E-state index in [1.807, 2.05) is 36.4 Å². The predicted octanol–water partition coefficient (Wildman–Crippen LogP) is 6.13. The van der Waals surface area contributed by atoms with E-state index in [0.29, 0.717) is 22.9 Å². The van der Waals surface area contributed by atoms with Gasteiger partial charge in [-0.2, -0.15) is 0 Å². The SMILES string of the molecule is O=C(O)C(c1ccc(F)cc1Br)N(C(=O)OCC1c2ccccc2-c2ccccc21)C1CC1. The molecule has 1 saturated carbocycles. The molecule has 0 aromatic heterocycles. The summed E-state index contributed by atoms with van der Waals surface area (Å²) in [4.78, 5) is 26.8. The molecule has 1 amide bonds. The number of aliphatic carboxylic acids is 1. The second-order valence-electron chi connectivity index (χ2n) is 8.35. The standard InChI is InChI=1S/C26H21BrFNO4/c27-23-13-15(28)9-12-21(23)24(25(30)31)29(16-10-11-16)26(32)33-14-22-19-7-3-1-5-17(19)18-6-2-4-8-20(18)22/h1-9,12-13,16,22,24H,10-11,14H2,(H,30,31). The molecule has 2 aliphatic rings. The minimum Gasteiger partial charge on any atom is -0.479 e. The van der Waals surface area contributed by atoms with E-state index in [1.165, 1.54) is 23.1 Å². The summed E-state index contributed by atoms with van der Waals surface area (Å²) in [5, 5.41) is 9.99. The maximum atomic E-state index is 13.6. The normalized spacial score (nSPS) is 15.5. The zero-order chi connectivity index (χ0) is 23.1. The third kappa shape index (κ3) is 4.02. The highest BCUT2D eigenvalue weighted by Crippen LogP contribution is 2.45. The van der Waals surface area contributed by atoms with Gasteiger partial charge in [-0.1, -0.05) is 70.5 Å². The van der Waals surface area contributed by atoms with Crippen LogP contribution in [0.15, 0.2) is 71.2 Å². The molecule has 0 spiro atoms. The van der Waals surface area contributed by atoms with Crippen LogP contribution in [0.25, 0.3) is 11.1 Å². The Balaban J connectivity index is 1.42. The van der Waals surface area contributed by atoms with E-state index in [4.69, 9.17) is 4.74 Å². The van der Waals surface area contributed by atoms with Gasteiger partial charge in [-0.25, -0.2) is 14.0 Å². The first-order chi connectivity index (χ1) is 16.0. The van der Waals surface area contributed by atoms with Crippen molar-refractivity contribution >= 4 is 28.0 Å². The molecule has 1 unspecified atom stereocenters. The summed E-state index contributed by atoms with van der Waals surface area (Å²) in [5.74, 6) is -1.81. The van der Waals surface area contributed by atoms with Gasteiger partial charge in [0.15, 0.2) is 6.04 Å². The minimum atomic E-state index is -1.27. The lowest BCUT2D eigenvalue weighted by Gasteiger charge is -2.29. The highest BCUT2D eigenvalue weighted by atomic mass is 79.9. The zero-order valence-electron chi connectivity index (χ0n) is 17.6. The van der Waals surface area contributed by atoms with Crippen molar-refractivity contribution in [1.29, 1.82) is 0 Å². The number of hydrogen-bond donors (Lipinski definition) is 1. The molecule has 0 bridgehead atoms. The van der Waals surface area contributed by atoms with Gasteiger partial charge in [-0.15, -0.1) is 0 Å². The fraction of sp³-hybridized carbons (Fsp3) is 0.231. The summed E-state index contributed by atoms with van der Waals surface area (Å²) in [7, 11) is 0. The second-order valence-corrected chi connectivity index (χ2v) is 9.20. The number of fused-ring (bicyclic) bond motifs is 3. The maximum absolute atomic E-state index is 13.6. The number of carboxylic acids is 1. The average molecular weight is 510 g/mol. The van der Waals surface area contributed by atoms with E-state index in [-0.39, 0.29) is 18.6 Å². The third-order valence-electron chi connectivity index (χ3n) is 6.26. The highest BCUT2D eigenvalue weighted by Gasteiger charge is 2.43. The van der Waals surface area contributed by atoms with Crippen LogP contribution in [0.1, 0.15) is 41.5 Å². The summed E-state index contributed by atoms with van der Waals surface area (Å²) in [6, 6.07) is 18.3. The van der Waals surface area contributed by atoms with Crippen molar-refractivity contribution in [3.8, 4) is 11.1 Å². The molecule has 3 aromatic carbocycles. The molecule has 2 aliphatic carbocycles. The van der Waals surface area contributed by atoms with Crippen LogP contribution in [-0.4, -0.2) is 34.7 Å². The lowest BCUT2D eigenvalue weighted by molar-refractivity contribution is -0.143. The number of carbonyl (C=O) groups is 2. The maximum Gasteiger partial charge on any atom is 0.411 e. The number of amides is 1. The van der Waals surface area contributed by atoms with Gasteiger partial charge >= 0.3 is 12.1 Å². The first-order valence-electron chi connectivity index (χ1n) is 10.8. The largest absolute Gasteiger partial charge is 0.479 e. The van der Waals surface area contributed by atoms with Crippen molar-refractivity contribution in [2.24, 2.45) is 0 Å². The number of halogens is 2. The quantitative estimate of drug-likeness (QED) is 0.434. The molecular formula is C26H21BrFNO4. The molecular weight excluding hydrogens is 489 g/mol. The monoisotopic (exact) mass is 509 g/mol. The van der Waals surface area contributed by atoms with E-state index in [2.05, 4.69) is 28.1 Å². The van der Waals surface area contributed by atoms with Crippen molar-refractivity contribution in [3.05, 3.63) is 93.7 Å². The van der Waals surface area contributed by atoms with Gasteiger partial charge in [0.05, 0.1) is 0 Å². The molecule has 3 aromatic rings. The number of ether oxygens (including phenoxy) is 1. The smallest absolute Gasteiger partial charge is 0.411 e. The first kappa shape index (κ1) is 21.6. The summed E-state index contributed by atoms with van der Waals surface area (Å²) < 4.78 is 19.6. The van der Waals surface area contributed by atoms with Crippen LogP contribution in [0.3, 0.4) is 0 Å². The molecule has 1 atom stereocenters. The van der Waals surface area contributed by atoms with Gasteiger partial charge in [0.2, 0.25) is 0 Å².